The third-order valence-electron chi connectivity index (χ3n) is 3.87. The Hall–Kier alpha value is -2.51. The summed E-state index contributed by atoms with van der Waals surface area (Å²) in [6.45, 7) is 2.60. The molecule has 0 aliphatic carbocycles. The fourth-order valence-corrected chi connectivity index (χ4v) is 3.39. The van der Waals surface area contributed by atoms with E-state index in [1.54, 1.807) is 18.4 Å². The Morgan fingerprint density at radius 2 is 2.04 bits per heavy atom. The Morgan fingerprint density at radius 1 is 1.23 bits per heavy atom. The highest BCUT2D eigenvalue weighted by atomic mass is 32.1. The van der Waals surface area contributed by atoms with Gasteiger partial charge in [-0.2, -0.15) is 0 Å². The third-order valence-corrected chi connectivity index (χ3v) is 4.87. The van der Waals surface area contributed by atoms with Crippen LogP contribution in [0, 0.1) is 6.92 Å². The molecule has 0 unspecified atom stereocenters. The summed E-state index contributed by atoms with van der Waals surface area (Å²) in [6, 6.07) is 13.8. The lowest BCUT2D eigenvalue weighted by Crippen LogP contribution is -2.22. The summed E-state index contributed by atoms with van der Waals surface area (Å²) in [7, 11) is 1.60. The molecule has 0 aliphatic rings. The molecule has 0 bridgehead atoms. The zero-order chi connectivity index (χ0) is 18.4. The fraction of sp³-hybridized carbons (Fsp3) is 0.316. The van der Waals surface area contributed by atoms with Crippen LogP contribution in [-0.4, -0.2) is 23.2 Å². The molecule has 1 atom stereocenters. The minimum atomic E-state index is -0.409. The van der Waals surface area contributed by atoms with Crippen LogP contribution in [0.3, 0.4) is 0 Å². The first-order valence-corrected chi connectivity index (χ1v) is 9.19. The van der Waals surface area contributed by atoms with E-state index in [0.717, 1.165) is 10.4 Å². The van der Waals surface area contributed by atoms with Crippen molar-refractivity contribution in [1.29, 1.82) is 0 Å². The third kappa shape index (κ3) is 4.77. The SMILES string of the molecule is CO[C@@H](c1ccccc1)c1nnc(CCC(=O)NCc2ccc(C)s2)o1. The Kier molecular flexibility index (Phi) is 6.14. The molecule has 3 rings (SSSR count). The number of hydrogen-bond donors (Lipinski definition) is 1. The van der Waals surface area contributed by atoms with E-state index < -0.39 is 6.10 Å². The van der Waals surface area contributed by atoms with Gasteiger partial charge < -0.3 is 14.5 Å². The molecule has 6 nitrogen and oxygen atoms in total. The highest BCUT2D eigenvalue weighted by molar-refractivity contribution is 7.11. The predicted octanol–water partition coefficient (Wildman–Crippen LogP) is 3.42. The van der Waals surface area contributed by atoms with Crippen molar-refractivity contribution in [2.24, 2.45) is 0 Å². The van der Waals surface area contributed by atoms with Gasteiger partial charge in [0.25, 0.3) is 0 Å². The van der Waals surface area contributed by atoms with Crippen LogP contribution in [-0.2, 0) is 22.5 Å². The van der Waals surface area contributed by atoms with Gasteiger partial charge in [0, 0.05) is 29.7 Å². The summed E-state index contributed by atoms with van der Waals surface area (Å²) in [5.41, 5.74) is 0.939. The van der Waals surface area contributed by atoms with Crippen molar-refractivity contribution in [3.05, 3.63) is 69.6 Å². The molecule has 0 spiro atoms. The number of amides is 1. The monoisotopic (exact) mass is 371 g/mol. The molecule has 1 amide bonds. The van der Waals surface area contributed by atoms with Gasteiger partial charge in [-0.3, -0.25) is 4.79 Å². The number of aryl methyl sites for hydroxylation is 2. The molecule has 0 radical (unpaired) electrons. The number of benzene rings is 1. The van der Waals surface area contributed by atoms with E-state index in [4.69, 9.17) is 9.15 Å². The molecule has 7 heteroatoms. The molecule has 1 aromatic carbocycles. The average molecular weight is 371 g/mol. The van der Waals surface area contributed by atoms with E-state index in [0.29, 0.717) is 31.2 Å². The first-order valence-electron chi connectivity index (χ1n) is 8.37. The number of thiophene rings is 1. The maximum absolute atomic E-state index is 12.0. The molecule has 0 saturated heterocycles. The van der Waals surface area contributed by atoms with E-state index >= 15 is 0 Å². The van der Waals surface area contributed by atoms with Crippen LogP contribution in [0.1, 0.15) is 39.6 Å². The van der Waals surface area contributed by atoms with Crippen LogP contribution >= 0.6 is 11.3 Å². The molecular formula is C19H21N3O3S. The zero-order valence-electron chi connectivity index (χ0n) is 14.8. The summed E-state index contributed by atoms with van der Waals surface area (Å²) in [4.78, 5) is 14.4. The lowest BCUT2D eigenvalue weighted by Gasteiger charge is -2.10. The second kappa shape index (κ2) is 8.73. The lowest BCUT2D eigenvalue weighted by atomic mass is 10.1. The van der Waals surface area contributed by atoms with E-state index in [-0.39, 0.29) is 5.91 Å². The van der Waals surface area contributed by atoms with Gasteiger partial charge in [0.15, 0.2) is 6.10 Å². The van der Waals surface area contributed by atoms with Gasteiger partial charge in [0.1, 0.15) is 0 Å². The molecule has 3 aromatic rings. The lowest BCUT2D eigenvalue weighted by molar-refractivity contribution is -0.121. The van der Waals surface area contributed by atoms with Gasteiger partial charge in [-0.05, 0) is 24.6 Å². The maximum atomic E-state index is 12.0. The average Bonchev–Trinajstić information content (AvgIpc) is 3.29. The van der Waals surface area contributed by atoms with Gasteiger partial charge in [0.2, 0.25) is 17.7 Å². The second-order valence-corrected chi connectivity index (χ2v) is 7.22. The summed E-state index contributed by atoms with van der Waals surface area (Å²) >= 11 is 1.68. The Labute approximate surface area is 156 Å². The summed E-state index contributed by atoms with van der Waals surface area (Å²) in [6.07, 6.45) is 0.288. The highest BCUT2D eigenvalue weighted by Gasteiger charge is 2.20. The van der Waals surface area contributed by atoms with Crippen molar-refractivity contribution in [2.75, 3.05) is 7.11 Å². The van der Waals surface area contributed by atoms with Crippen molar-refractivity contribution in [2.45, 2.75) is 32.4 Å². The largest absolute Gasteiger partial charge is 0.422 e. The Bertz CT molecular complexity index is 845. The number of rotatable bonds is 8. The standard InChI is InChI=1S/C19H21N3O3S/c1-13-8-9-15(26-13)12-20-16(23)10-11-17-21-22-19(25-17)18(24-2)14-6-4-3-5-7-14/h3-9,18H,10-12H2,1-2H3,(H,20,23)/t18-/m0/s1. The zero-order valence-corrected chi connectivity index (χ0v) is 15.6. The molecule has 136 valence electrons. The van der Waals surface area contributed by atoms with Crippen molar-refractivity contribution >= 4 is 17.2 Å². The molecule has 2 aromatic heterocycles. The molecular weight excluding hydrogens is 350 g/mol. The molecule has 0 fully saturated rings. The summed E-state index contributed by atoms with van der Waals surface area (Å²) in [5, 5.41) is 11.0. The number of methoxy groups -OCH3 is 1. The van der Waals surface area contributed by atoms with Crippen LogP contribution in [0.5, 0.6) is 0 Å². The van der Waals surface area contributed by atoms with Crippen LogP contribution in [0.2, 0.25) is 0 Å². The molecule has 26 heavy (non-hydrogen) atoms. The van der Waals surface area contributed by atoms with Crippen LogP contribution < -0.4 is 5.32 Å². The number of carbonyl (C=O) groups is 1. The number of hydrogen-bond acceptors (Lipinski definition) is 6. The van der Waals surface area contributed by atoms with E-state index in [1.807, 2.05) is 49.4 Å². The van der Waals surface area contributed by atoms with Crippen LogP contribution in [0.25, 0.3) is 0 Å². The second-order valence-electron chi connectivity index (χ2n) is 5.85. The van der Waals surface area contributed by atoms with Crippen LogP contribution in [0.4, 0.5) is 0 Å². The summed E-state index contributed by atoms with van der Waals surface area (Å²) in [5.74, 6) is 0.783. The number of ether oxygens (including phenoxy) is 1. The number of nitrogens with one attached hydrogen (secondary N) is 1. The van der Waals surface area contributed by atoms with E-state index in [2.05, 4.69) is 15.5 Å². The van der Waals surface area contributed by atoms with Crippen molar-refractivity contribution in [1.82, 2.24) is 15.5 Å². The van der Waals surface area contributed by atoms with Crippen molar-refractivity contribution in [3.63, 3.8) is 0 Å². The normalized spacial score (nSPS) is 12.1. The molecule has 2 heterocycles. The minimum absolute atomic E-state index is 0.0397. The van der Waals surface area contributed by atoms with Gasteiger partial charge in [-0.25, -0.2) is 0 Å². The first-order chi connectivity index (χ1) is 12.7. The van der Waals surface area contributed by atoms with Gasteiger partial charge in [-0.15, -0.1) is 21.5 Å². The number of aromatic nitrogens is 2. The highest BCUT2D eigenvalue weighted by Crippen LogP contribution is 2.24. The molecule has 0 saturated carbocycles. The Balaban J connectivity index is 1.52. The topological polar surface area (TPSA) is 77.2 Å². The number of nitrogens with zero attached hydrogens (tertiary/aromatic N) is 2. The van der Waals surface area contributed by atoms with Crippen molar-refractivity contribution in [3.8, 4) is 0 Å². The quantitative estimate of drug-likeness (QED) is 0.656. The first kappa shape index (κ1) is 18.3. The predicted molar refractivity (Wildman–Crippen MR) is 98.8 cm³/mol. The smallest absolute Gasteiger partial charge is 0.249 e. The Morgan fingerprint density at radius 3 is 2.73 bits per heavy atom. The number of carbonyl (C=O) groups excluding carboxylic acids is 1. The van der Waals surface area contributed by atoms with Gasteiger partial charge in [0.05, 0.1) is 6.54 Å². The molecule has 0 aliphatic heterocycles. The van der Waals surface area contributed by atoms with Gasteiger partial charge in [-0.1, -0.05) is 30.3 Å². The maximum Gasteiger partial charge on any atom is 0.249 e. The summed E-state index contributed by atoms with van der Waals surface area (Å²) < 4.78 is 11.2. The van der Waals surface area contributed by atoms with E-state index in [1.165, 1.54) is 4.88 Å². The van der Waals surface area contributed by atoms with E-state index in [9.17, 15) is 4.79 Å². The van der Waals surface area contributed by atoms with Crippen LogP contribution in [0.15, 0.2) is 46.9 Å². The van der Waals surface area contributed by atoms with Gasteiger partial charge >= 0.3 is 0 Å². The molecule has 1 N–H and O–H groups in total. The minimum Gasteiger partial charge on any atom is -0.422 e. The van der Waals surface area contributed by atoms with Crippen molar-refractivity contribution < 1.29 is 13.9 Å². The fourth-order valence-electron chi connectivity index (χ4n) is 2.56.